The molecule has 27 heavy (non-hydrogen) atoms. The molecule has 0 aliphatic heterocycles. The molecule has 0 radical (unpaired) electrons. The number of nitrogens with one attached hydrogen (secondary N) is 2. The van der Waals surface area contributed by atoms with Gasteiger partial charge in [-0.05, 0) is 70.2 Å². The van der Waals surface area contributed by atoms with E-state index in [9.17, 15) is 18.4 Å². The fourth-order valence-electron chi connectivity index (χ4n) is 2.33. The highest BCUT2D eigenvalue weighted by atomic mass is 79.9. The number of aryl methyl sites for hydroxylation is 1. The maximum Gasteiger partial charge on any atom is 0.265 e. The lowest BCUT2D eigenvalue weighted by molar-refractivity contribution is 0.101. The highest BCUT2D eigenvalue weighted by molar-refractivity contribution is 9.10. The van der Waals surface area contributed by atoms with E-state index in [0.29, 0.717) is 16.1 Å². The first-order valence-electron chi connectivity index (χ1n) is 7.76. The Labute approximate surface area is 166 Å². The van der Waals surface area contributed by atoms with Gasteiger partial charge in [0.1, 0.15) is 11.6 Å². The first kappa shape index (κ1) is 19.2. The van der Waals surface area contributed by atoms with Crippen molar-refractivity contribution < 1.29 is 18.4 Å². The number of hydrogen-bond donors (Lipinski definition) is 2. The van der Waals surface area contributed by atoms with Crippen LogP contribution in [0.2, 0.25) is 0 Å². The predicted octanol–water partition coefficient (Wildman–Crippen LogP) is 5.60. The Kier molecular flexibility index (Phi) is 5.67. The zero-order chi connectivity index (χ0) is 19.6. The number of benzene rings is 2. The van der Waals surface area contributed by atoms with E-state index in [0.717, 1.165) is 6.07 Å². The maximum absolute atomic E-state index is 14.2. The summed E-state index contributed by atoms with van der Waals surface area (Å²) in [5.74, 6) is -2.05. The maximum atomic E-state index is 14.2. The molecule has 3 aromatic rings. The fraction of sp³-hybridized carbons (Fsp3) is 0.0526. The van der Waals surface area contributed by atoms with Gasteiger partial charge in [-0.25, -0.2) is 8.78 Å². The third kappa shape index (κ3) is 4.40. The average molecular weight is 451 g/mol. The summed E-state index contributed by atoms with van der Waals surface area (Å²) < 4.78 is 27.8. The van der Waals surface area contributed by atoms with Crippen molar-refractivity contribution in [3.05, 3.63) is 80.0 Å². The molecule has 0 bridgehead atoms. The number of halogens is 3. The van der Waals surface area contributed by atoms with E-state index in [1.54, 1.807) is 24.4 Å². The molecule has 8 heteroatoms. The molecule has 0 unspecified atom stereocenters. The minimum atomic E-state index is -0.680. The van der Waals surface area contributed by atoms with E-state index >= 15 is 0 Å². The van der Waals surface area contributed by atoms with Crippen LogP contribution in [0, 0.1) is 18.6 Å². The smallest absolute Gasteiger partial charge is 0.265 e. The fourth-order valence-corrected chi connectivity index (χ4v) is 3.45. The van der Waals surface area contributed by atoms with Gasteiger partial charge in [0.2, 0.25) is 0 Å². The molecule has 138 valence electrons. The van der Waals surface area contributed by atoms with Crippen molar-refractivity contribution in [2.75, 3.05) is 10.6 Å². The Balaban J connectivity index is 1.85. The van der Waals surface area contributed by atoms with Crippen molar-refractivity contribution in [2.24, 2.45) is 0 Å². The lowest BCUT2D eigenvalue weighted by Gasteiger charge is -2.11. The van der Waals surface area contributed by atoms with Gasteiger partial charge in [-0.2, -0.15) is 0 Å². The molecule has 2 amide bonds. The zero-order valence-corrected chi connectivity index (χ0v) is 16.4. The van der Waals surface area contributed by atoms with Gasteiger partial charge in [-0.15, -0.1) is 11.3 Å². The molecule has 1 heterocycles. The highest BCUT2D eigenvalue weighted by Crippen LogP contribution is 2.27. The monoisotopic (exact) mass is 450 g/mol. The number of thiophene rings is 1. The summed E-state index contributed by atoms with van der Waals surface area (Å²) in [5.41, 5.74) is 0.797. The molecule has 0 spiro atoms. The molecule has 0 atom stereocenters. The van der Waals surface area contributed by atoms with Crippen LogP contribution in [0.3, 0.4) is 0 Å². The van der Waals surface area contributed by atoms with Crippen molar-refractivity contribution in [1.29, 1.82) is 0 Å². The summed E-state index contributed by atoms with van der Waals surface area (Å²) in [4.78, 5) is 25.1. The Bertz CT molecular complexity index is 1020. The molecule has 0 fully saturated rings. The van der Waals surface area contributed by atoms with Gasteiger partial charge in [-0.1, -0.05) is 6.07 Å². The van der Waals surface area contributed by atoms with Gasteiger partial charge in [0.25, 0.3) is 11.8 Å². The average Bonchev–Trinajstić information content (AvgIpc) is 3.15. The summed E-state index contributed by atoms with van der Waals surface area (Å²) in [6.45, 7) is 1.58. The molecule has 0 saturated heterocycles. The summed E-state index contributed by atoms with van der Waals surface area (Å²) in [6.07, 6.45) is 0. The van der Waals surface area contributed by atoms with Gasteiger partial charge >= 0.3 is 0 Å². The molecule has 4 nitrogen and oxygen atoms in total. The van der Waals surface area contributed by atoms with E-state index in [4.69, 9.17) is 0 Å². The van der Waals surface area contributed by atoms with Crippen LogP contribution in [0.5, 0.6) is 0 Å². The Morgan fingerprint density at radius 2 is 1.78 bits per heavy atom. The van der Waals surface area contributed by atoms with E-state index < -0.39 is 17.6 Å². The predicted molar refractivity (Wildman–Crippen MR) is 105 cm³/mol. The Morgan fingerprint density at radius 3 is 2.44 bits per heavy atom. The van der Waals surface area contributed by atoms with E-state index in [-0.39, 0.29) is 21.5 Å². The minimum absolute atomic E-state index is 0.114. The standard InChI is InChI=1S/C19H13BrF2N2O2S/c1-10-7-11(4-5-14(10)21)23-18(25)12-8-16(15(22)9-13(12)20)24-19(26)17-3-2-6-27-17/h2-9H,1H3,(H,23,25)(H,24,26). The summed E-state index contributed by atoms with van der Waals surface area (Å²) >= 11 is 4.38. The highest BCUT2D eigenvalue weighted by Gasteiger charge is 2.17. The normalized spacial score (nSPS) is 10.5. The summed E-state index contributed by atoms with van der Waals surface area (Å²) in [7, 11) is 0. The second-order valence-electron chi connectivity index (χ2n) is 5.66. The van der Waals surface area contributed by atoms with E-state index in [2.05, 4.69) is 26.6 Å². The van der Waals surface area contributed by atoms with Crippen molar-refractivity contribution >= 4 is 50.5 Å². The molecule has 1 aromatic heterocycles. The lowest BCUT2D eigenvalue weighted by atomic mass is 10.1. The topological polar surface area (TPSA) is 58.2 Å². The van der Waals surface area contributed by atoms with Crippen LogP contribution in [0.4, 0.5) is 20.2 Å². The SMILES string of the molecule is Cc1cc(NC(=O)c2cc(NC(=O)c3cccs3)c(F)cc2Br)ccc1F. The second-order valence-corrected chi connectivity index (χ2v) is 7.46. The van der Waals surface area contributed by atoms with Gasteiger partial charge in [0, 0.05) is 10.2 Å². The third-order valence-corrected chi connectivity index (χ3v) is 5.24. The molecule has 0 saturated carbocycles. The van der Waals surface area contributed by atoms with Crippen LogP contribution < -0.4 is 10.6 Å². The van der Waals surface area contributed by atoms with E-state index in [1.807, 2.05) is 0 Å². The third-order valence-electron chi connectivity index (χ3n) is 3.71. The van der Waals surface area contributed by atoms with Crippen molar-refractivity contribution in [3.63, 3.8) is 0 Å². The van der Waals surface area contributed by atoms with Crippen LogP contribution in [0.15, 0.2) is 52.3 Å². The second kappa shape index (κ2) is 7.98. The number of carbonyl (C=O) groups is 2. The number of amides is 2. The number of hydrogen-bond acceptors (Lipinski definition) is 3. The number of anilines is 2. The summed E-state index contributed by atoms with van der Waals surface area (Å²) in [5, 5.41) is 6.82. The quantitative estimate of drug-likeness (QED) is 0.543. The van der Waals surface area contributed by atoms with Crippen molar-refractivity contribution in [3.8, 4) is 0 Å². The lowest BCUT2D eigenvalue weighted by Crippen LogP contribution is -2.16. The first-order chi connectivity index (χ1) is 12.8. The van der Waals surface area contributed by atoms with Gasteiger partial charge in [-0.3, -0.25) is 9.59 Å². The number of rotatable bonds is 4. The minimum Gasteiger partial charge on any atom is -0.322 e. The first-order valence-corrected chi connectivity index (χ1v) is 9.44. The molecular formula is C19H13BrF2N2O2S. The van der Waals surface area contributed by atoms with Crippen molar-refractivity contribution in [1.82, 2.24) is 0 Å². The van der Waals surface area contributed by atoms with Gasteiger partial charge < -0.3 is 10.6 Å². The molecule has 2 N–H and O–H groups in total. The molecular weight excluding hydrogens is 438 g/mol. The van der Waals surface area contributed by atoms with Crippen molar-refractivity contribution in [2.45, 2.75) is 6.92 Å². The van der Waals surface area contributed by atoms with Crippen LogP contribution in [-0.2, 0) is 0 Å². The molecule has 2 aromatic carbocycles. The molecule has 0 aliphatic carbocycles. The largest absolute Gasteiger partial charge is 0.322 e. The van der Waals surface area contributed by atoms with Crippen LogP contribution in [0.1, 0.15) is 25.6 Å². The van der Waals surface area contributed by atoms with Gasteiger partial charge in [0.05, 0.1) is 16.1 Å². The Hall–Kier alpha value is -2.58. The van der Waals surface area contributed by atoms with Crippen LogP contribution >= 0.6 is 27.3 Å². The van der Waals surface area contributed by atoms with E-state index in [1.165, 1.54) is 35.6 Å². The molecule has 3 rings (SSSR count). The van der Waals surface area contributed by atoms with Gasteiger partial charge in [0.15, 0.2) is 0 Å². The number of carbonyl (C=O) groups excluding carboxylic acids is 2. The molecule has 0 aliphatic rings. The van der Waals surface area contributed by atoms with Crippen LogP contribution in [0.25, 0.3) is 0 Å². The summed E-state index contributed by atoms with van der Waals surface area (Å²) in [6, 6.07) is 9.84. The zero-order valence-electron chi connectivity index (χ0n) is 14.0. The van der Waals surface area contributed by atoms with Crippen LogP contribution in [-0.4, -0.2) is 11.8 Å². The Morgan fingerprint density at radius 1 is 1.00 bits per heavy atom.